The summed E-state index contributed by atoms with van der Waals surface area (Å²) in [5, 5.41) is 0. The summed E-state index contributed by atoms with van der Waals surface area (Å²) in [5.41, 5.74) is 1.94. The average Bonchev–Trinajstić information content (AvgIpc) is 2.70. The highest BCUT2D eigenvalue weighted by Crippen LogP contribution is 2.20. The van der Waals surface area contributed by atoms with E-state index in [1.54, 1.807) is 0 Å². The van der Waals surface area contributed by atoms with E-state index in [2.05, 4.69) is 30.8 Å². The molecule has 19 heavy (non-hydrogen) atoms. The molecule has 2 atom stereocenters. The maximum absolute atomic E-state index is 12.3. The second-order valence-corrected chi connectivity index (χ2v) is 5.94. The Kier molecular flexibility index (Phi) is 4.38. The zero-order valence-electron chi connectivity index (χ0n) is 12.4. The van der Waals surface area contributed by atoms with Crippen LogP contribution in [0, 0.1) is 12.8 Å². The highest BCUT2D eigenvalue weighted by Gasteiger charge is 2.31. The molecule has 1 aliphatic rings. The number of carbonyl (C=O) groups excluding carboxylic acids is 1. The first-order valence-electron chi connectivity index (χ1n) is 6.96. The minimum atomic E-state index is 0.240. The molecule has 1 fully saturated rings. The molecule has 0 N–H and O–H groups in total. The summed E-state index contributed by atoms with van der Waals surface area (Å²) in [6.45, 7) is 6.82. The highest BCUT2D eigenvalue weighted by molar-refractivity contribution is 5.98. The molecule has 1 aromatic carbocycles. The normalized spacial score (nSPS) is 24.1. The van der Waals surface area contributed by atoms with Gasteiger partial charge in [0.2, 0.25) is 0 Å². The number of hydrogen-bond donors (Lipinski definition) is 0. The van der Waals surface area contributed by atoms with Gasteiger partial charge < -0.3 is 4.90 Å². The fourth-order valence-corrected chi connectivity index (χ4v) is 3.02. The first kappa shape index (κ1) is 14.2. The molecule has 0 saturated carbocycles. The molecule has 0 aromatic heterocycles. The van der Waals surface area contributed by atoms with Crippen molar-refractivity contribution >= 4 is 5.78 Å². The fourth-order valence-electron chi connectivity index (χ4n) is 3.02. The molecule has 0 amide bonds. The zero-order valence-corrected chi connectivity index (χ0v) is 12.4. The molecule has 1 aromatic rings. The smallest absolute Gasteiger partial charge is 0.177 e. The number of aryl methyl sites for hydroxylation is 1. The van der Waals surface area contributed by atoms with Gasteiger partial charge in [-0.2, -0.15) is 0 Å². The maximum atomic E-state index is 12.3. The van der Waals surface area contributed by atoms with Crippen molar-refractivity contribution < 1.29 is 4.79 Å². The monoisotopic (exact) mass is 260 g/mol. The molecule has 0 aliphatic carbocycles. The van der Waals surface area contributed by atoms with Crippen molar-refractivity contribution in [2.45, 2.75) is 19.9 Å². The van der Waals surface area contributed by atoms with Crippen LogP contribution in [0.2, 0.25) is 0 Å². The Hall–Kier alpha value is -1.19. The number of benzene rings is 1. The van der Waals surface area contributed by atoms with Gasteiger partial charge in [-0.05, 0) is 32.5 Å². The van der Waals surface area contributed by atoms with Gasteiger partial charge in [0, 0.05) is 24.7 Å². The molecular weight excluding hydrogens is 236 g/mol. The van der Waals surface area contributed by atoms with Crippen molar-refractivity contribution in [3.05, 3.63) is 35.4 Å². The number of likely N-dealkylation sites (tertiary alicyclic amines) is 1. The minimum Gasteiger partial charge on any atom is -0.305 e. The van der Waals surface area contributed by atoms with E-state index in [0.717, 1.165) is 24.2 Å². The number of likely N-dealkylation sites (N-methyl/N-ethyl adjacent to an activating group) is 1. The van der Waals surface area contributed by atoms with Crippen molar-refractivity contribution in [3.8, 4) is 0 Å². The molecule has 2 unspecified atom stereocenters. The third-order valence-electron chi connectivity index (χ3n) is 4.12. The van der Waals surface area contributed by atoms with E-state index in [4.69, 9.17) is 0 Å². The molecular formula is C16H24N2O. The summed E-state index contributed by atoms with van der Waals surface area (Å²) in [7, 11) is 4.24. The summed E-state index contributed by atoms with van der Waals surface area (Å²) in [6.07, 6.45) is 0. The summed E-state index contributed by atoms with van der Waals surface area (Å²) >= 11 is 0. The lowest BCUT2D eigenvalue weighted by Gasteiger charge is -2.22. The minimum absolute atomic E-state index is 0.240. The van der Waals surface area contributed by atoms with Crippen LogP contribution in [0.5, 0.6) is 0 Å². The Labute approximate surface area is 116 Å². The van der Waals surface area contributed by atoms with Gasteiger partial charge in [-0.3, -0.25) is 9.69 Å². The van der Waals surface area contributed by atoms with Gasteiger partial charge in [0.15, 0.2) is 5.78 Å². The van der Waals surface area contributed by atoms with Crippen molar-refractivity contribution in [1.82, 2.24) is 9.80 Å². The topological polar surface area (TPSA) is 23.6 Å². The molecule has 3 nitrogen and oxygen atoms in total. The summed E-state index contributed by atoms with van der Waals surface area (Å²) in [6, 6.07) is 8.41. The van der Waals surface area contributed by atoms with Crippen molar-refractivity contribution in [3.63, 3.8) is 0 Å². The molecule has 1 heterocycles. The quantitative estimate of drug-likeness (QED) is 0.774. The third-order valence-corrected chi connectivity index (χ3v) is 4.12. The van der Waals surface area contributed by atoms with E-state index < -0.39 is 0 Å². The Morgan fingerprint density at radius 2 is 2.00 bits per heavy atom. The zero-order chi connectivity index (χ0) is 14.0. The van der Waals surface area contributed by atoms with E-state index in [1.807, 2.05) is 31.2 Å². The lowest BCUT2D eigenvalue weighted by molar-refractivity contribution is 0.0940. The number of rotatable bonds is 4. The van der Waals surface area contributed by atoms with Gasteiger partial charge in [-0.1, -0.05) is 31.2 Å². The number of nitrogens with zero attached hydrogens (tertiary/aromatic N) is 2. The van der Waals surface area contributed by atoms with Crippen LogP contribution in [-0.4, -0.2) is 55.4 Å². The fraction of sp³-hybridized carbons (Fsp3) is 0.562. The first-order chi connectivity index (χ1) is 8.99. The Morgan fingerprint density at radius 1 is 1.32 bits per heavy atom. The van der Waals surface area contributed by atoms with E-state index in [1.165, 1.54) is 0 Å². The molecule has 0 bridgehead atoms. The van der Waals surface area contributed by atoms with Crippen molar-refractivity contribution in [1.29, 1.82) is 0 Å². The van der Waals surface area contributed by atoms with Crippen LogP contribution in [0.3, 0.4) is 0 Å². The number of carbonyl (C=O) groups is 1. The lowest BCUT2D eigenvalue weighted by atomic mass is 10.0. The van der Waals surface area contributed by atoms with Gasteiger partial charge >= 0.3 is 0 Å². The molecule has 1 aliphatic heterocycles. The number of Topliss-reactive ketones (excluding diaryl/α,β-unsaturated/α-hetero) is 1. The molecule has 3 heteroatoms. The Balaban J connectivity index is 2.00. The molecule has 1 saturated heterocycles. The van der Waals surface area contributed by atoms with Crippen LogP contribution >= 0.6 is 0 Å². The second-order valence-electron chi connectivity index (χ2n) is 5.94. The van der Waals surface area contributed by atoms with Crippen molar-refractivity contribution in [2.24, 2.45) is 5.92 Å². The van der Waals surface area contributed by atoms with Gasteiger partial charge in [0.1, 0.15) is 0 Å². The van der Waals surface area contributed by atoms with E-state index in [0.29, 0.717) is 18.5 Å². The Bertz CT molecular complexity index is 456. The summed E-state index contributed by atoms with van der Waals surface area (Å²) < 4.78 is 0. The van der Waals surface area contributed by atoms with E-state index in [-0.39, 0.29) is 5.78 Å². The number of ketones is 1. The third kappa shape index (κ3) is 3.23. The SMILES string of the molecule is Cc1ccccc1C(=O)CN1CC(C)C(N(C)C)C1. The standard InChI is InChI=1S/C16H24N2O/c1-12-7-5-6-8-14(12)16(19)11-18-9-13(2)15(10-18)17(3)4/h5-8,13,15H,9-11H2,1-4H3. The largest absolute Gasteiger partial charge is 0.305 e. The predicted octanol–water partition coefficient (Wildman–Crippen LogP) is 2.06. The maximum Gasteiger partial charge on any atom is 0.177 e. The van der Waals surface area contributed by atoms with Crippen LogP contribution < -0.4 is 0 Å². The average molecular weight is 260 g/mol. The molecule has 0 radical (unpaired) electrons. The van der Waals surface area contributed by atoms with Crippen LogP contribution in [0.25, 0.3) is 0 Å². The molecule has 2 rings (SSSR count). The predicted molar refractivity (Wildman–Crippen MR) is 78.6 cm³/mol. The Morgan fingerprint density at radius 3 is 2.58 bits per heavy atom. The van der Waals surface area contributed by atoms with Gasteiger partial charge in [0.25, 0.3) is 0 Å². The van der Waals surface area contributed by atoms with Gasteiger partial charge in [0.05, 0.1) is 6.54 Å². The molecule has 104 valence electrons. The van der Waals surface area contributed by atoms with Crippen LogP contribution in [-0.2, 0) is 0 Å². The molecule has 0 spiro atoms. The lowest BCUT2D eigenvalue weighted by Crippen LogP contribution is -2.35. The van der Waals surface area contributed by atoms with Gasteiger partial charge in [-0.25, -0.2) is 0 Å². The van der Waals surface area contributed by atoms with Gasteiger partial charge in [-0.15, -0.1) is 0 Å². The number of hydrogen-bond acceptors (Lipinski definition) is 3. The van der Waals surface area contributed by atoms with Crippen LogP contribution in [0.4, 0.5) is 0 Å². The van der Waals surface area contributed by atoms with Crippen LogP contribution in [0.1, 0.15) is 22.8 Å². The van der Waals surface area contributed by atoms with E-state index >= 15 is 0 Å². The van der Waals surface area contributed by atoms with E-state index in [9.17, 15) is 4.79 Å². The summed E-state index contributed by atoms with van der Waals surface area (Å²) in [4.78, 5) is 16.9. The van der Waals surface area contributed by atoms with Crippen LogP contribution in [0.15, 0.2) is 24.3 Å². The highest BCUT2D eigenvalue weighted by atomic mass is 16.1. The first-order valence-corrected chi connectivity index (χ1v) is 6.96. The van der Waals surface area contributed by atoms with Crippen molar-refractivity contribution in [2.75, 3.05) is 33.7 Å². The summed E-state index contributed by atoms with van der Waals surface area (Å²) in [5.74, 6) is 0.865. The second kappa shape index (κ2) is 5.85.